The fourth-order valence-electron chi connectivity index (χ4n) is 1.38. The number of hydrogen-bond acceptors (Lipinski definition) is 4. The van der Waals surface area contributed by atoms with Crippen LogP contribution in [0, 0.1) is 11.3 Å². The Hall–Kier alpha value is -2.39. The van der Waals surface area contributed by atoms with Crippen molar-refractivity contribution in [1.82, 2.24) is 5.32 Å². The largest absolute Gasteiger partial charge is 0.336 e. The Morgan fingerprint density at radius 3 is 2.47 bits per heavy atom. The molecule has 0 radical (unpaired) electrons. The van der Waals surface area contributed by atoms with E-state index >= 15 is 0 Å². The zero-order valence-corrected chi connectivity index (χ0v) is 8.99. The van der Waals surface area contributed by atoms with E-state index < -0.39 is 17.8 Å². The molecule has 17 heavy (non-hydrogen) atoms. The Labute approximate surface area is 100 Å². The minimum atomic E-state index is -1.00. The van der Waals surface area contributed by atoms with E-state index in [1.807, 2.05) is 11.4 Å². The fourth-order valence-corrected chi connectivity index (χ4v) is 1.64. The number of carbonyl (C=O) groups is 3. The quantitative estimate of drug-likeness (QED) is 0.589. The number of nitriles is 1. The van der Waals surface area contributed by atoms with E-state index in [0.29, 0.717) is 4.90 Å². The molecule has 0 saturated carbocycles. The van der Waals surface area contributed by atoms with Crippen molar-refractivity contribution >= 4 is 35.1 Å². The van der Waals surface area contributed by atoms with E-state index in [2.05, 4.69) is 0 Å². The van der Waals surface area contributed by atoms with Crippen molar-refractivity contribution in [3.63, 3.8) is 0 Å². The van der Waals surface area contributed by atoms with Gasteiger partial charge in [-0.25, -0.2) is 9.69 Å². The Morgan fingerprint density at radius 2 is 2.00 bits per heavy atom. The lowest BCUT2D eigenvalue weighted by Crippen LogP contribution is -2.31. The molecule has 7 heteroatoms. The maximum absolute atomic E-state index is 11.4. The highest BCUT2D eigenvalue weighted by Crippen LogP contribution is 2.28. The number of urea groups is 1. The van der Waals surface area contributed by atoms with Gasteiger partial charge in [0.05, 0.1) is 22.3 Å². The van der Waals surface area contributed by atoms with Crippen LogP contribution in [-0.4, -0.2) is 17.8 Å². The van der Waals surface area contributed by atoms with Crippen LogP contribution in [-0.2, 0) is 9.59 Å². The van der Waals surface area contributed by atoms with Crippen molar-refractivity contribution in [1.29, 1.82) is 5.26 Å². The lowest BCUT2D eigenvalue weighted by Gasteiger charge is -2.12. The molecule has 1 saturated heterocycles. The van der Waals surface area contributed by atoms with Gasteiger partial charge in [-0.3, -0.25) is 14.9 Å². The highest BCUT2D eigenvalue weighted by atomic mass is 35.5. The summed E-state index contributed by atoms with van der Waals surface area (Å²) >= 11 is 5.83. The molecule has 1 N–H and O–H groups in total. The third-order valence-corrected chi connectivity index (χ3v) is 2.44. The Bertz CT molecular complexity index is 591. The number of amides is 4. The van der Waals surface area contributed by atoms with Gasteiger partial charge in [-0.1, -0.05) is 11.6 Å². The van der Waals surface area contributed by atoms with Crippen LogP contribution in [0.5, 0.6) is 0 Å². The lowest BCUT2D eigenvalue weighted by atomic mass is 10.2. The maximum atomic E-state index is 11.4. The smallest absolute Gasteiger partial charge is 0.269 e. The van der Waals surface area contributed by atoms with Gasteiger partial charge in [0.15, 0.2) is 0 Å². The summed E-state index contributed by atoms with van der Waals surface area (Å²) in [6.45, 7) is 0. The first-order valence-corrected chi connectivity index (χ1v) is 4.81. The monoisotopic (exact) mass is 249 g/mol. The molecule has 0 atom stereocenters. The topological polar surface area (TPSA) is 90.3 Å². The predicted octanol–water partition coefficient (Wildman–Crippen LogP) is 0.794. The van der Waals surface area contributed by atoms with Gasteiger partial charge in [0.25, 0.3) is 0 Å². The number of rotatable bonds is 1. The molecule has 1 fully saturated rings. The molecule has 1 aromatic rings. The van der Waals surface area contributed by atoms with Crippen LogP contribution in [0.25, 0.3) is 0 Å². The Kier molecular flexibility index (Phi) is 2.54. The molecule has 0 aromatic heterocycles. The number of imide groups is 2. The zero-order valence-electron chi connectivity index (χ0n) is 8.23. The number of benzene rings is 1. The van der Waals surface area contributed by atoms with Crippen molar-refractivity contribution < 1.29 is 14.4 Å². The summed E-state index contributed by atoms with van der Waals surface area (Å²) in [5.74, 6) is -2.00. The van der Waals surface area contributed by atoms with E-state index in [-0.39, 0.29) is 16.3 Å². The first-order valence-electron chi connectivity index (χ1n) is 4.43. The zero-order chi connectivity index (χ0) is 12.6. The number of hydrogen-bond donors (Lipinski definition) is 1. The fraction of sp³-hybridized carbons (Fsp3) is 0. The molecule has 6 nitrogen and oxygen atoms in total. The molecule has 0 unspecified atom stereocenters. The maximum Gasteiger partial charge on any atom is 0.336 e. The summed E-state index contributed by atoms with van der Waals surface area (Å²) in [7, 11) is 0. The molecule has 0 bridgehead atoms. The van der Waals surface area contributed by atoms with E-state index in [1.165, 1.54) is 18.2 Å². The van der Waals surface area contributed by atoms with Crippen LogP contribution >= 0.6 is 11.6 Å². The van der Waals surface area contributed by atoms with Crippen molar-refractivity contribution in [2.45, 2.75) is 0 Å². The number of carbonyl (C=O) groups excluding carboxylic acids is 3. The summed E-state index contributed by atoms with van der Waals surface area (Å²) in [6, 6.07) is 5.04. The van der Waals surface area contributed by atoms with E-state index in [0.717, 1.165) is 0 Å². The van der Waals surface area contributed by atoms with Crippen LogP contribution < -0.4 is 10.2 Å². The van der Waals surface area contributed by atoms with Gasteiger partial charge < -0.3 is 0 Å². The molecule has 1 aromatic carbocycles. The average molecular weight is 250 g/mol. The van der Waals surface area contributed by atoms with Gasteiger partial charge in [0, 0.05) is 0 Å². The standard InChI is InChI=1S/C10H4ClN3O3/c11-6-3-5(4-12)1-2-7(6)14-9(16)8(15)13-10(14)17/h1-3H,(H,13,15,17). The number of anilines is 1. The molecule has 84 valence electrons. The third-order valence-electron chi connectivity index (χ3n) is 2.14. The normalized spacial score (nSPS) is 14.8. The van der Waals surface area contributed by atoms with Gasteiger partial charge in [-0.05, 0) is 18.2 Å². The predicted molar refractivity (Wildman–Crippen MR) is 57.2 cm³/mol. The summed E-state index contributed by atoms with van der Waals surface area (Å²) in [5, 5.41) is 10.5. The summed E-state index contributed by atoms with van der Waals surface area (Å²) in [6.07, 6.45) is 0. The highest BCUT2D eigenvalue weighted by Gasteiger charge is 2.38. The van der Waals surface area contributed by atoms with Gasteiger partial charge in [-0.2, -0.15) is 5.26 Å². The highest BCUT2D eigenvalue weighted by molar-refractivity contribution is 6.53. The lowest BCUT2D eigenvalue weighted by molar-refractivity contribution is -0.134. The number of nitrogens with one attached hydrogen (secondary N) is 1. The molecule has 2 rings (SSSR count). The van der Waals surface area contributed by atoms with E-state index in [1.54, 1.807) is 0 Å². The molecular formula is C10H4ClN3O3. The van der Waals surface area contributed by atoms with Crippen LogP contribution in [0.15, 0.2) is 18.2 Å². The molecule has 0 aliphatic carbocycles. The van der Waals surface area contributed by atoms with Crippen molar-refractivity contribution in [3.8, 4) is 6.07 Å². The van der Waals surface area contributed by atoms with Gasteiger partial charge in [0.1, 0.15) is 0 Å². The van der Waals surface area contributed by atoms with Crippen molar-refractivity contribution in [3.05, 3.63) is 28.8 Å². The second-order valence-corrected chi connectivity index (χ2v) is 3.59. The number of nitrogens with zero attached hydrogens (tertiary/aromatic N) is 2. The second-order valence-electron chi connectivity index (χ2n) is 3.18. The van der Waals surface area contributed by atoms with Crippen LogP contribution in [0.4, 0.5) is 10.5 Å². The Balaban J connectivity index is 2.49. The van der Waals surface area contributed by atoms with Crippen LogP contribution in [0.2, 0.25) is 5.02 Å². The van der Waals surface area contributed by atoms with Gasteiger partial charge in [0.2, 0.25) is 0 Å². The summed E-state index contributed by atoms with van der Waals surface area (Å²) in [5.41, 5.74) is 0.358. The van der Waals surface area contributed by atoms with Gasteiger partial charge >= 0.3 is 17.8 Å². The van der Waals surface area contributed by atoms with Gasteiger partial charge in [-0.15, -0.1) is 0 Å². The second kappa shape index (κ2) is 3.88. The van der Waals surface area contributed by atoms with Crippen LogP contribution in [0.1, 0.15) is 5.56 Å². The minimum Gasteiger partial charge on any atom is -0.269 e. The minimum absolute atomic E-state index is 0.0438. The van der Waals surface area contributed by atoms with Crippen LogP contribution in [0.3, 0.4) is 0 Å². The summed E-state index contributed by atoms with van der Waals surface area (Å²) < 4.78 is 0. The molecule has 1 aliphatic rings. The molecule has 0 spiro atoms. The van der Waals surface area contributed by atoms with Crippen molar-refractivity contribution in [2.24, 2.45) is 0 Å². The molecule has 4 amide bonds. The van der Waals surface area contributed by atoms with E-state index in [4.69, 9.17) is 16.9 Å². The molecule has 1 heterocycles. The molecule has 1 aliphatic heterocycles. The Morgan fingerprint density at radius 1 is 1.29 bits per heavy atom. The first kappa shape index (κ1) is 11.1. The third kappa shape index (κ3) is 1.73. The summed E-state index contributed by atoms with van der Waals surface area (Å²) in [4.78, 5) is 34.4. The number of halogens is 1. The SMILES string of the molecule is N#Cc1ccc(N2C(=O)NC(=O)C2=O)c(Cl)c1. The average Bonchev–Trinajstić information content (AvgIpc) is 2.54. The van der Waals surface area contributed by atoms with Crippen molar-refractivity contribution in [2.75, 3.05) is 4.90 Å². The molecular weight excluding hydrogens is 246 g/mol. The first-order chi connectivity index (χ1) is 8.04. The van der Waals surface area contributed by atoms with E-state index in [9.17, 15) is 14.4 Å².